The van der Waals surface area contributed by atoms with Crippen molar-refractivity contribution in [2.75, 3.05) is 26.4 Å². The van der Waals surface area contributed by atoms with E-state index in [0.717, 1.165) is 83.5 Å². The highest BCUT2D eigenvalue weighted by Gasteiger charge is 2.48. The van der Waals surface area contributed by atoms with Gasteiger partial charge in [-0.2, -0.15) is 8.42 Å². The van der Waals surface area contributed by atoms with Crippen LogP contribution in [0, 0.1) is 0 Å². The van der Waals surface area contributed by atoms with Crippen molar-refractivity contribution < 1.29 is 56.2 Å². The quantitative estimate of drug-likeness (QED) is 0.0197. The number of carbonyl (C=O) groups excluding carboxylic acids is 1. The van der Waals surface area contributed by atoms with Crippen LogP contribution in [0.2, 0.25) is 0 Å². The number of hydrogen-bond acceptors (Lipinski definition) is 11. The Morgan fingerprint density at radius 3 is 1.52 bits per heavy atom. The van der Waals surface area contributed by atoms with E-state index >= 15 is 0 Å². The molecule has 66 heavy (non-hydrogen) atoms. The topological polar surface area (TPSA) is 178 Å². The molecule has 384 valence electrons. The van der Waals surface area contributed by atoms with Crippen LogP contribution in [0.5, 0.6) is 0 Å². The van der Waals surface area contributed by atoms with Gasteiger partial charge in [-0.25, -0.2) is 4.18 Å². The van der Waals surface area contributed by atoms with E-state index in [-0.39, 0.29) is 19.6 Å². The number of esters is 1. The summed E-state index contributed by atoms with van der Waals surface area (Å²) in [6.07, 6.45) is 46.8. The maximum Gasteiger partial charge on any atom is 0.397 e. The summed E-state index contributed by atoms with van der Waals surface area (Å²) in [5, 5.41) is 30.7. The number of ether oxygens (including phenoxy) is 4. The van der Waals surface area contributed by atoms with Crippen molar-refractivity contribution in [1.29, 1.82) is 0 Å². The minimum atomic E-state index is -5.07. The zero-order valence-corrected chi connectivity index (χ0v) is 42.1. The Balaban J connectivity index is 2.33. The van der Waals surface area contributed by atoms with Gasteiger partial charge < -0.3 is 34.3 Å². The standard InChI is InChI=1S/C53H94O12S/c1-3-5-7-9-11-13-15-17-19-20-21-22-23-24-25-26-27-28-29-30-32-34-36-38-40-42-49(55)63-47(45-61-43-41-39-37-35-33-31-18-16-14-12-10-8-6-4-2)46-62-53-51(57)52(65-66(58,59)60)50(56)48(44-54)64-53/h8,10,14-17,20-21,23-24,47-48,50-54,56-57H,3-7,9,11-13,18-19,22,25-46H2,1-2H3,(H,58,59,60)/b10-8-,16-14-,17-15-,21-20-,24-23-. The first kappa shape index (κ1) is 61.8. The Morgan fingerprint density at radius 2 is 1.03 bits per heavy atom. The molecule has 0 aromatic carbocycles. The average molecular weight is 955 g/mol. The van der Waals surface area contributed by atoms with E-state index in [0.29, 0.717) is 13.0 Å². The first-order valence-electron chi connectivity index (χ1n) is 26.0. The van der Waals surface area contributed by atoms with E-state index in [1.54, 1.807) is 0 Å². The van der Waals surface area contributed by atoms with Crippen LogP contribution in [0.3, 0.4) is 0 Å². The van der Waals surface area contributed by atoms with Crippen molar-refractivity contribution in [1.82, 2.24) is 0 Å². The Kier molecular flexibility index (Phi) is 41.2. The van der Waals surface area contributed by atoms with E-state index in [1.807, 2.05) is 0 Å². The Bertz CT molecular complexity index is 1380. The first-order valence-corrected chi connectivity index (χ1v) is 27.4. The summed E-state index contributed by atoms with van der Waals surface area (Å²) in [5.74, 6) is -0.408. The highest BCUT2D eigenvalue weighted by molar-refractivity contribution is 7.80. The molecule has 1 rings (SSSR count). The normalized spacial score (nSPS) is 20.0. The highest BCUT2D eigenvalue weighted by Crippen LogP contribution is 2.26. The fraction of sp³-hybridized carbons (Fsp3) is 0.792. The summed E-state index contributed by atoms with van der Waals surface area (Å²) in [4.78, 5) is 12.9. The maximum atomic E-state index is 12.9. The van der Waals surface area contributed by atoms with Crippen LogP contribution in [0.25, 0.3) is 0 Å². The number of hydrogen-bond donors (Lipinski definition) is 4. The molecule has 0 amide bonds. The lowest BCUT2D eigenvalue weighted by atomic mass is 9.99. The molecule has 0 aromatic rings. The molecule has 1 aliphatic rings. The maximum absolute atomic E-state index is 12.9. The van der Waals surface area contributed by atoms with Crippen molar-refractivity contribution in [3.8, 4) is 0 Å². The fourth-order valence-corrected chi connectivity index (χ4v) is 8.17. The molecule has 1 aliphatic heterocycles. The number of aliphatic hydroxyl groups excluding tert-OH is 3. The lowest BCUT2D eigenvalue weighted by molar-refractivity contribution is -0.301. The predicted molar refractivity (Wildman–Crippen MR) is 266 cm³/mol. The SMILES string of the molecule is CCC/C=C\C/C=C\CCCCCCCCOCC(COC1OC(CO)C(O)C(OS(=O)(=O)O)C1O)OC(=O)CCCCCCCCCCCC/C=C\C/C=C\C/C=C\CCCCCCC. The molecule has 1 heterocycles. The number of allylic oxidation sites excluding steroid dienone is 10. The third-order valence-corrected chi connectivity index (χ3v) is 12.1. The molecule has 0 aliphatic carbocycles. The molecule has 1 saturated heterocycles. The average Bonchev–Trinajstić information content (AvgIpc) is 3.29. The molecule has 13 heteroatoms. The Morgan fingerprint density at radius 1 is 0.576 bits per heavy atom. The van der Waals surface area contributed by atoms with Crippen molar-refractivity contribution in [3.05, 3.63) is 60.8 Å². The van der Waals surface area contributed by atoms with Crippen molar-refractivity contribution >= 4 is 16.4 Å². The van der Waals surface area contributed by atoms with Crippen molar-refractivity contribution in [2.24, 2.45) is 0 Å². The fourth-order valence-electron chi connectivity index (χ4n) is 7.66. The minimum Gasteiger partial charge on any atom is -0.457 e. The van der Waals surface area contributed by atoms with Gasteiger partial charge >= 0.3 is 16.4 Å². The molecular formula is C53H94O12S. The van der Waals surface area contributed by atoms with Gasteiger partial charge in [0, 0.05) is 13.0 Å². The lowest BCUT2D eigenvalue weighted by Crippen LogP contribution is -2.60. The van der Waals surface area contributed by atoms with Gasteiger partial charge in [-0.3, -0.25) is 9.35 Å². The van der Waals surface area contributed by atoms with Gasteiger partial charge in [-0.15, -0.1) is 0 Å². The van der Waals surface area contributed by atoms with Gasteiger partial charge in [0.05, 0.1) is 19.8 Å². The molecule has 0 spiro atoms. The second-order valence-electron chi connectivity index (χ2n) is 17.8. The van der Waals surface area contributed by atoms with Gasteiger partial charge in [0.15, 0.2) is 6.29 Å². The molecule has 0 bridgehead atoms. The van der Waals surface area contributed by atoms with E-state index in [2.05, 4.69) is 78.8 Å². The van der Waals surface area contributed by atoms with Gasteiger partial charge in [-0.1, -0.05) is 184 Å². The van der Waals surface area contributed by atoms with Crippen molar-refractivity contribution in [2.45, 2.75) is 243 Å². The van der Waals surface area contributed by atoms with Gasteiger partial charge in [0.1, 0.15) is 30.5 Å². The van der Waals surface area contributed by atoms with Gasteiger partial charge in [0.25, 0.3) is 0 Å². The summed E-state index contributed by atoms with van der Waals surface area (Å²) in [6.45, 7) is 3.89. The van der Waals surface area contributed by atoms with Gasteiger partial charge in [0.2, 0.25) is 0 Å². The Hall–Kier alpha value is -2.20. The summed E-state index contributed by atoms with van der Waals surface area (Å²) in [7, 11) is -5.07. The molecule has 4 N–H and O–H groups in total. The molecule has 0 aromatic heterocycles. The summed E-state index contributed by atoms with van der Waals surface area (Å²) in [6, 6.07) is 0. The molecule has 6 atom stereocenters. The molecule has 6 unspecified atom stereocenters. The summed E-state index contributed by atoms with van der Waals surface area (Å²) < 4.78 is 59.2. The minimum absolute atomic E-state index is 0.0253. The van der Waals surface area contributed by atoms with Crippen LogP contribution < -0.4 is 0 Å². The first-order chi connectivity index (χ1) is 32.1. The van der Waals surface area contributed by atoms with E-state index in [9.17, 15) is 33.1 Å². The van der Waals surface area contributed by atoms with Crippen LogP contribution in [0.15, 0.2) is 60.8 Å². The van der Waals surface area contributed by atoms with Crippen molar-refractivity contribution in [3.63, 3.8) is 0 Å². The number of rotatable bonds is 45. The monoisotopic (exact) mass is 955 g/mol. The van der Waals surface area contributed by atoms with Crippen LogP contribution in [0.1, 0.15) is 206 Å². The van der Waals surface area contributed by atoms with Crippen LogP contribution in [-0.4, -0.2) is 97.5 Å². The predicted octanol–water partition coefficient (Wildman–Crippen LogP) is 12.1. The van der Waals surface area contributed by atoms with E-state index in [4.69, 9.17) is 18.9 Å². The highest BCUT2D eigenvalue weighted by atomic mass is 32.3. The second kappa shape index (κ2) is 44.0. The number of carbonyl (C=O) groups is 1. The van der Waals surface area contributed by atoms with E-state index in [1.165, 1.54) is 96.3 Å². The molecule has 12 nitrogen and oxygen atoms in total. The summed E-state index contributed by atoms with van der Waals surface area (Å²) in [5.41, 5.74) is 0. The zero-order chi connectivity index (χ0) is 48.2. The van der Waals surface area contributed by atoms with Gasteiger partial charge in [-0.05, 0) is 77.0 Å². The Labute approximate surface area is 401 Å². The van der Waals surface area contributed by atoms with E-state index < -0.39 is 59.8 Å². The molecule has 0 saturated carbocycles. The number of aliphatic hydroxyl groups is 3. The van der Waals surface area contributed by atoms with Crippen LogP contribution in [-0.2, 0) is 38.3 Å². The smallest absolute Gasteiger partial charge is 0.397 e. The van der Waals surface area contributed by atoms with Crippen LogP contribution >= 0.6 is 0 Å². The third kappa shape index (κ3) is 36.8. The number of unbranched alkanes of at least 4 members (excludes halogenated alkanes) is 22. The molecular weight excluding hydrogens is 861 g/mol. The molecule has 0 radical (unpaired) electrons. The largest absolute Gasteiger partial charge is 0.457 e. The lowest BCUT2D eigenvalue weighted by Gasteiger charge is -2.41. The summed E-state index contributed by atoms with van der Waals surface area (Å²) >= 11 is 0. The van der Waals surface area contributed by atoms with Crippen LogP contribution in [0.4, 0.5) is 0 Å². The molecule has 1 fully saturated rings. The second-order valence-corrected chi connectivity index (χ2v) is 18.8. The third-order valence-electron chi connectivity index (χ3n) is 11.6. The zero-order valence-electron chi connectivity index (χ0n) is 41.2.